The normalized spacial score (nSPS) is 21.8. The van der Waals surface area contributed by atoms with Crippen molar-refractivity contribution in [3.8, 4) is 0 Å². The van der Waals surface area contributed by atoms with E-state index in [0.717, 1.165) is 6.54 Å². The number of carbonyl (C=O) groups is 1. The smallest absolute Gasteiger partial charge is 0.412 e. The van der Waals surface area contributed by atoms with Gasteiger partial charge in [0.15, 0.2) is 0 Å². The Morgan fingerprint density at radius 2 is 2.57 bits per heavy atom. The topological polar surface area (TPSA) is 50.8 Å². The van der Waals surface area contributed by atoms with E-state index in [-0.39, 0.29) is 18.9 Å². The van der Waals surface area contributed by atoms with E-state index in [1.807, 2.05) is 0 Å². The number of rotatable bonds is 3. The summed E-state index contributed by atoms with van der Waals surface area (Å²) >= 11 is 0. The van der Waals surface area contributed by atoms with Gasteiger partial charge >= 0.3 is 6.09 Å². The quantitative estimate of drug-likeness (QED) is 0.661. The van der Waals surface area contributed by atoms with Crippen molar-refractivity contribution in [2.75, 3.05) is 33.4 Å². The third-order valence-corrected chi connectivity index (χ3v) is 2.03. The summed E-state index contributed by atoms with van der Waals surface area (Å²) in [4.78, 5) is 13.0. The number of hydrogen-bond donors (Lipinski definition) is 1. The lowest BCUT2D eigenvalue weighted by molar-refractivity contribution is -0.0386. The van der Waals surface area contributed by atoms with Crippen LogP contribution in [0.15, 0.2) is 12.7 Å². The minimum absolute atomic E-state index is 0.235. The van der Waals surface area contributed by atoms with Crippen LogP contribution in [-0.4, -0.2) is 50.6 Å². The summed E-state index contributed by atoms with van der Waals surface area (Å²) in [6.45, 7) is 5.72. The molecule has 1 aliphatic rings. The van der Waals surface area contributed by atoms with Crippen molar-refractivity contribution < 1.29 is 14.3 Å². The fourth-order valence-electron chi connectivity index (χ4n) is 1.31. The average Bonchev–Trinajstić information content (AvgIpc) is 2.25. The molecule has 1 atom stereocenters. The zero-order valence-corrected chi connectivity index (χ0v) is 8.36. The molecule has 0 aromatic carbocycles. The van der Waals surface area contributed by atoms with Gasteiger partial charge in [-0.1, -0.05) is 12.7 Å². The second-order valence-corrected chi connectivity index (χ2v) is 2.95. The van der Waals surface area contributed by atoms with E-state index in [4.69, 9.17) is 9.47 Å². The molecular formula is C9H16N2O3. The standard InChI is InChI=1S/C9H16N2O3/c1-3-6-14-9(12)11-5-4-10-7-8(11)13-2/h3,8,10H,1,4-7H2,2H3. The minimum Gasteiger partial charge on any atom is -0.445 e. The summed E-state index contributed by atoms with van der Waals surface area (Å²) in [5.74, 6) is 0. The largest absolute Gasteiger partial charge is 0.445 e. The molecule has 1 fully saturated rings. The number of methoxy groups -OCH3 is 1. The van der Waals surface area contributed by atoms with E-state index in [9.17, 15) is 4.79 Å². The van der Waals surface area contributed by atoms with Crippen molar-refractivity contribution in [1.29, 1.82) is 0 Å². The van der Waals surface area contributed by atoms with E-state index in [0.29, 0.717) is 13.1 Å². The van der Waals surface area contributed by atoms with E-state index in [2.05, 4.69) is 11.9 Å². The molecule has 0 aromatic heterocycles. The van der Waals surface area contributed by atoms with Crippen LogP contribution in [0.1, 0.15) is 0 Å². The fraction of sp³-hybridized carbons (Fsp3) is 0.667. The van der Waals surface area contributed by atoms with Gasteiger partial charge in [-0.25, -0.2) is 4.79 Å². The van der Waals surface area contributed by atoms with Crippen LogP contribution >= 0.6 is 0 Å². The highest BCUT2D eigenvalue weighted by Crippen LogP contribution is 2.05. The Bertz CT molecular complexity index is 208. The molecule has 0 bridgehead atoms. The number of hydrogen-bond acceptors (Lipinski definition) is 4. The van der Waals surface area contributed by atoms with Crippen molar-refractivity contribution >= 4 is 6.09 Å². The van der Waals surface area contributed by atoms with Gasteiger partial charge in [-0.15, -0.1) is 0 Å². The number of nitrogens with one attached hydrogen (secondary N) is 1. The fourth-order valence-corrected chi connectivity index (χ4v) is 1.31. The summed E-state index contributed by atoms with van der Waals surface area (Å²) in [6.07, 6.45) is 0.960. The predicted octanol–water partition coefficient (Wildman–Crippen LogP) is 0.187. The third kappa shape index (κ3) is 2.71. The molecule has 14 heavy (non-hydrogen) atoms. The molecule has 1 unspecified atom stereocenters. The van der Waals surface area contributed by atoms with Gasteiger partial charge in [0.25, 0.3) is 0 Å². The van der Waals surface area contributed by atoms with E-state index < -0.39 is 0 Å². The lowest BCUT2D eigenvalue weighted by atomic mass is 10.3. The molecule has 5 nitrogen and oxygen atoms in total. The lowest BCUT2D eigenvalue weighted by Gasteiger charge is -2.33. The van der Waals surface area contributed by atoms with Crippen molar-refractivity contribution in [3.05, 3.63) is 12.7 Å². The van der Waals surface area contributed by atoms with Gasteiger partial charge in [-0.05, 0) is 0 Å². The number of amides is 1. The molecule has 5 heteroatoms. The van der Waals surface area contributed by atoms with Crippen LogP contribution in [0.2, 0.25) is 0 Å². The molecule has 0 aromatic rings. The van der Waals surface area contributed by atoms with Crippen LogP contribution < -0.4 is 5.32 Å². The Labute approximate surface area is 83.7 Å². The molecule has 1 heterocycles. The van der Waals surface area contributed by atoms with Crippen LogP contribution in [0, 0.1) is 0 Å². The highest BCUT2D eigenvalue weighted by Gasteiger charge is 2.26. The maximum atomic E-state index is 11.5. The molecule has 0 aliphatic carbocycles. The van der Waals surface area contributed by atoms with Crippen molar-refractivity contribution in [2.45, 2.75) is 6.23 Å². The van der Waals surface area contributed by atoms with Gasteiger partial charge < -0.3 is 14.8 Å². The van der Waals surface area contributed by atoms with Crippen LogP contribution in [0.4, 0.5) is 4.79 Å². The monoisotopic (exact) mass is 200 g/mol. The van der Waals surface area contributed by atoms with E-state index >= 15 is 0 Å². The van der Waals surface area contributed by atoms with Crippen LogP contribution in [0.5, 0.6) is 0 Å². The zero-order chi connectivity index (χ0) is 10.4. The SMILES string of the molecule is C=CCOC(=O)N1CCNCC1OC. The Balaban J connectivity index is 2.45. The summed E-state index contributed by atoms with van der Waals surface area (Å²) in [6, 6.07) is 0. The molecule has 1 rings (SSSR count). The van der Waals surface area contributed by atoms with Crippen molar-refractivity contribution in [2.24, 2.45) is 0 Å². The van der Waals surface area contributed by atoms with E-state index in [1.54, 1.807) is 18.1 Å². The number of carbonyl (C=O) groups excluding carboxylic acids is 1. The molecule has 0 spiro atoms. The molecule has 0 saturated carbocycles. The molecule has 1 N–H and O–H groups in total. The predicted molar refractivity (Wildman–Crippen MR) is 51.9 cm³/mol. The van der Waals surface area contributed by atoms with Gasteiger partial charge in [0.2, 0.25) is 0 Å². The van der Waals surface area contributed by atoms with Gasteiger partial charge in [0.05, 0.1) is 0 Å². The maximum absolute atomic E-state index is 11.5. The summed E-state index contributed by atoms with van der Waals surface area (Å²) in [5, 5.41) is 3.13. The first-order valence-corrected chi connectivity index (χ1v) is 4.57. The maximum Gasteiger partial charge on any atom is 0.412 e. The molecular weight excluding hydrogens is 184 g/mol. The van der Waals surface area contributed by atoms with Crippen molar-refractivity contribution in [3.63, 3.8) is 0 Å². The third-order valence-electron chi connectivity index (χ3n) is 2.03. The average molecular weight is 200 g/mol. The summed E-state index contributed by atoms with van der Waals surface area (Å²) in [7, 11) is 1.57. The van der Waals surface area contributed by atoms with Gasteiger partial charge in [-0.3, -0.25) is 4.90 Å². The Hall–Kier alpha value is -1.07. The first-order chi connectivity index (χ1) is 6.79. The number of piperazine rings is 1. The summed E-state index contributed by atoms with van der Waals surface area (Å²) < 4.78 is 10.1. The van der Waals surface area contributed by atoms with Crippen molar-refractivity contribution in [1.82, 2.24) is 10.2 Å². The van der Waals surface area contributed by atoms with Crippen LogP contribution in [0.25, 0.3) is 0 Å². The minimum atomic E-state index is -0.349. The second kappa shape index (κ2) is 5.62. The first kappa shape index (κ1) is 11.0. The summed E-state index contributed by atoms with van der Waals surface area (Å²) in [5.41, 5.74) is 0. The zero-order valence-electron chi connectivity index (χ0n) is 8.36. The molecule has 1 aliphatic heterocycles. The molecule has 1 amide bonds. The molecule has 0 radical (unpaired) electrons. The van der Waals surface area contributed by atoms with Crippen LogP contribution in [-0.2, 0) is 9.47 Å². The van der Waals surface area contributed by atoms with Gasteiger partial charge in [0, 0.05) is 26.7 Å². The highest BCUT2D eigenvalue weighted by atomic mass is 16.6. The second-order valence-electron chi connectivity index (χ2n) is 2.95. The molecule has 1 saturated heterocycles. The number of nitrogens with zero attached hydrogens (tertiary/aromatic N) is 1. The van der Waals surface area contributed by atoms with Gasteiger partial charge in [-0.2, -0.15) is 0 Å². The molecule has 80 valence electrons. The first-order valence-electron chi connectivity index (χ1n) is 4.57. The van der Waals surface area contributed by atoms with E-state index in [1.165, 1.54) is 0 Å². The Morgan fingerprint density at radius 1 is 1.79 bits per heavy atom. The number of ether oxygens (including phenoxy) is 2. The Morgan fingerprint density at radius 3 is 3.21 bits per heavy atom. The Kier molecular flexibility index (Phi) is 4.42. The highest BCUT2D eigenvalue weighted by molar-refractivity contribution is 5.68. The van der Waals surface area contributed by atoms with Crippen LogP contribution in [0.3, 0.4) is 0 Å². The van der Waals surface area contributed by atoms with Gasteiger partial charge in [0.1, 0.15) is 12.8 Å². The lowest BCUT2D eigenvalue weighted by Crippen LogP contribution is -2.54.